The van der Waals surface area contributed by atoms with Gasteiger partial charge in [0.05, 0.1) is 11.9 Å². The maximum absolute atomic E-state index is 14.3. The van der Waals surface area contributed by atoms with E-state index in [1.807, 2.05) is 7.05 Å². The van der Waals surface area contributed by atoms with Crippen molar-refractivity contribution in [1.82, 2.24) is 14.8 Å². The molecule has 2 fully saturated rings. The van der Waals surface area contributed by atoms with E-state index in [1.54, 1.807) is 10.9 Å². The van der Waals surface area contributed by atoms with Crippen molar-refractivity contribution in [2.45, 2.75) is 56.9 Å². The fraction of sp³-hybridized carbons (Fsp3) is 0.571. The summed E-state index contributed by atoms with van der Waals surface area (Å²) in [5.41, 5.74) is 7.40. The Labute approximate surface area is 170 Å². The number of aryl methyl sites for hydroxylation is 1. The van der Waals surface area contributed by atoms with Crippen LogP contribution >= 0.6 is 0 Å². The highest BCUT2D eigenvalue weighted by molar-refractivity contribution is 6.04. The molecular weight excluding hydrogens is 371 g/mol. The minimum absolute atomic E-state index is 0.109. The highest BCUT2D eigenvalue weighted by Gasteiger charge is 2.25. The molecule has 0 aromatic carbocycles. The number of halogens is 1. The monoisotopic (exact) mass is 400 g/mol. The number of rotatable bonds is 4. The molecule has 1 aliphatic heterocycles. The molecule has 1 aliphatic carbocycles. The van der Waals surface area contributed by atoms with Crippen LogP contribution in [0.3, 0.4) is 0 Å². The highest BCUT2D eigenvalue weighted by atomic mass is 19.1. The second kappa shape index (κ2) is 8.49. The van der Waals surface area contributed by atoms with Crippen LogP contribution in [0, 0.1) is 5.82 Å². The minimum atomic E-state index is -0.343. The van der Waals surface area contributed by atoms with Crippen LogP contribution in [0.5, 0.6) is 0 Å². The predicted molar refractivity (Wildman–Crippen MR) is 111 cm³/mol. The lowest BCUT2D eigenvalue weighted by molar-refractivity contribution is 0.102. The highest BCUT2D eigenvalue weighted by Crippen LogP contribution is 2.34. The van der Waals surface area contributed by atoms with Gasteiger partial charge in [-0.2, -0.15) is 5.10 Å². The van der Waals surface area contributed by atoms with Crippen LogP contribution in [0.15, 0.2) is 18.3 Å². The molecule has 0 spiro atoms. The van der Waals surface area contributed by atoms with Gasteiger partial charge in [-0.3, -0.25) is 9.48 Å². The first-order chi connectivity index (χ1) is 14.0. The first-order valence-corrected chi connectivity index (χ1v) is 10.5. The number of nitrogens with one attached hydrogen (secondary N) is 1. The number of nitrogens with two attached hydrogens (primary N) is 1. The molecule has 7 nitrogen and oxygen atoms in total. The molecule has 3 N–H and O–H groups in total. The summed E-state index contributed by atoms with van der Waals surface area (Å²) in [4.78, 5) is 19.5. The van der Waals surface area contributed by atoms with E-state index in [9.17, 15) is 9.18 Å². The number of hydrogen-bond acceptors (Lipinski definition) is 5. The van der Waals surface area contributed by atoms with Gasteiger partial charge in [-0.25, -0.2) is 9.37 Å². The molecule has 29 heavy (non-hydrogen) atoms. The van der Waals surface area contributed by atoms with Crippen molar-refractivity contribution in [3.63, 3.8) is 0 Å². The molecule has 1 atom stereocenters. The van der Waals surface area contributed by atoms with Crippen molar-refractivity contribution in [2.24, 2.45) is 12.8 Å². The quantitative estimate of drug-likeness (QED) is 0.823. The first-order valence-electron chi connectivity index (χ1n) is 10.5. The number of nitrogens with zero attached hydrogens (tertiary/aromatic N) is 4. The second-order valence-corrected chi connectivity index (χ2v) is 8.18. The van der Waals surface area contributed by atoms with Gasteiger partial charge >= 0.3 is 0 Å². The van der Waals surface area contributed by atoms with Gasteiger partial charge in [0, 0.05) is 32.1 Å². The van der Waals surface area contributed by atoms with Crippen molar-refractivity contribution in [3.05, 3.63) is 35.5 Å². The zero-order chi connectivity index (χ0) is 20.4. The summed E-state index contributed by atoms with van der Waals surface area (Å²) >= 11 is 0. The summed E-state index contributed by atoms with van der Waals surface area (Å²) in [7, 11) is 1.87. The van der Waals surface area contributed by atoms with Gasteiger partial charge in [-0.05, 0) is 44.2 Å². The molecule has 1 saturated heterocycles. The Morgan fingerprint density at radius 3 is 2.76 bits per heavy atom. The number of carbonyl (C=O) groups excluding carboxylic acids is 1. The van der Waals surface area contributed by atoms with E-state index in [1.165, 1.54) is 12.1 Å². The maximum atomic E-state index is 14.3. The molecule has 4 rings (SSSR count). The molecule has 2 aromatic rings. The number of amides is 1. The maximum Gasteiger partial charge on any atom is 0.274 e. The number of carbonyl (C=O) groups is 1. The second-order valence-electron chi connectivity index (χ2n) is 8.18. The van der Waals surface area contributed by atoms with Crippen LogP contribution in [0.25, 0.3) is 0 Å². The predicted octanol–water partition coefficient (Wildman–Crippen LogP) is 3.18. The molecule has 2 aromatic heterocycles. The number of aromatic nitrogens is 3. The van der Waals surface area contributed by atoms with Crippen LogP contribution in [-0.4, -0.2) is 39.8 Å². The molecule has 2 aliphatic rings. The molecule has 0 bridgehead atoms. The third-order valence-electron chi connectivity index (χ3n) is 6.08. The Morgan fingerprint density at radius 2 is 1.97 bits per heavy atom. The fourth-order valence-corrected chi connectivity index (χ4v) is 4.48. The van der Waals surface area contributed by atoms with Crippen molar-refractivity contribution in [1.29, 1.82) is 0 Å². The third-order valence-corrected chi connectivity index (χ3v) is 6.08. The van der Waals surface area contributed by atoms with Gasteiger partial charge in [0.1, 0.15) is 17.2 Å². The fourth-order valence-electron chi connectivity index (χ4n) is 4.48. The van der Waals surface area contributed by atoms with Crippen LogP contribution in [0.2, 0.25) is 0 Å². The zero-order valence-corrected chi connectivity index (χ0v) is 16.9. The summed E-state index contributed by atoms with van der Waals surface area (Å²) < 4.78 is 16.0. The minimum Gasteiger partial charge on any atom is -0.355 e. The van der Waals surface area contributed by atoms with Gasteiger partial charge in [-0.15, -0.1) is 0 Å². The summed E-state index contributed by atoms with van der Waals surface area (Å²) in [6.07, 6.45) is 8.59. The molecule has 0 radical (unpaired) electrons. The largest absolute Gasteiger partial charge is 0.355 e. The summed E-state index contributed by atoms with van der Waals surface area (Å²) in [5, 5.41) is 7.27. The average Bonchev–Trinajstić information content (AvgIpc) is 3.30. The van der Waals surface area contributed by atoms with E-state index >= 15 is 0 Å². The Hall–Kier alpha value is -2.48. The Kier molecular flexibility index (Phi) is 5.80. The molecule has 1 amide bonds. The normalized spacial score (nSPS) is 20.7. The van der Waals surface area contributed by atoms with Crippen molar-refractivity contribution < 1.29 is 9.18 Å². The smallest absolute Gasteiger partial charge is 0.274 e. The van der Waals surface area contributed by atoms with Gasteiger partial charge < -0.3 is 16.0 Å². The first kappa shape index (κ1) is 19.8. The molecule has 8 heteroatoms. The van der Waals surface area contributed by atoms with Gasteiger partial charge in [-0.1, -0.05) is 12.8 Å². The van der Waals surface area contributed by atoms with Crippen molar-refractivity contribution in [3.8, 4) is 0 Å². The zero-order valence-electron chi connectivity index (χ0n) is 16.9. The van der Waals surface area contributed by atoms with Crippen LogP contribution in [-0.2, 0) is 7.05 Å². The van der Waals surface area contributed by atoms with Crippen LogP contribution < -0.4 is 16.0 Å². The van der Waals surface area contributed by atoms with Crippen LogP contribution in [0.1, 0.15) is 67.0 Å². The van der Waals surface area contributed by atoms with E-state index in [0.29, 0.717) is 11.4 Å². The number of hydrogen-bond donors (Lipinski definition) is 2. The van der Waals surface area contributed by atoms with E-state index in [4.69, 9.17) is 5.73 Å². The topological polar surface area (TPSA) is 89.1 Å². The summed E-state index contributed by atoms with van der Waals surface area (Å²) in [6.45, 7) is 1.70. The van der Waals surface area contributed by atoms with Gasteiger partial charge in [0.25, 0.3) is 5.91 Å². The summed E-state index contributed by atoms with van der Waals surface area (Å²) in [5.74, 6) is 0.310. The standard InChI is InChI=1S/C21H29FN6O/c1-27-21(28-11-4-7-15(23)10-12-28)18(13-24-27)26-20(29)17-9-8-16(22)19(25-17)14-5-2-3-6-14/h8-9,13-15H,2-7,10-12,23H2,1H3,(H,26,29). The van der Waals surface area contributed by atoms with Gasteiger partial charge in [0.15, 0.2) is 5.82 Å². The Morgan fingerprint density at radius 1 is 1.17 bits per heavy atom. The van der Waals surface area contributed by atoms with E-state index in [-0.39, 0.29) is 29.4 Å². The lowest BCUT2D eigenvalue weighted by Gasteiger charge is -2.24. The van der Waals surface area contributed by atoms with E-state index < -0.39 is 0 Å². The Bertz CT molecular complexity index is 876. The number of pyridine rings is 1. The lowest BCUT2D eigenvalue weighted by Crippen LogP contribution is -2.29. The molecule has 156 valence electrons. The molecule has 1 unspecified atom stereocenters. The van der Waals surface area contributed by atoms with Crippen molar-refractivity contribution in [2.75, 3.05) is 23.3 Å². The van der Waals surface area contributed by atoms with E-state index in [2.05, 4.69) is 20.3 Å². The molecule has 1 saturated carbocycles. The third kappa shape index (κ3) is 4.27. The van der Waals surface area contributed by atoms with Crippen LogP contribution in [0.4, 0.5) is 15.9 Å². The molecular formula is C21H29FN6O. The number of anilines is 2. The van der Waals surface area contributed by atoms with Gasteiger partial charge in [0.2, 0.25) is 0 Å². The van der Waals surface area contributed by atoms with Crippen molar-refractivity contribution >= 4 is 17.4 Å². The average molecular weight is 401 g/mol. The lowest BCUT2D eigenvalue weighted by atomic mass is 10.0. The summed E-state index contributed by atoms with van der Waals surface area (Å²) in [6, 6.07) is 3.02. The molecule has 3 heterocycles. The Balaban J connectivity index is 1.54. The SMILES string of the molecule is Cn1ncc(NC(=O)c2ccc(F)c(C3CCCC3)n2)c1N1CCCC(N)CC1. The van der Waals surface area contributed by atoms with E-state index in [0.717, 1.165) is 63.9 Å².